The Bertz CT molecular complexity index is 541. The molecule has 1 amide bonds. The van der Waals surface area contributed by atoms with Crippen LogP contribution in [0.4, 0.5) is 5.69 Å². The van der Waals surface area contributed by atoms with E-state index in [-0.39, 0.29) is 24.3 Å². The molecule has 0 spiro atoms. The van der Waals surface area contributed by atoms with Crippen molar-refractivity contribution < 1.29 is 19.4 Å². The number of benzene rings is 1. The number of carboxylic acids is 1. The van der Waals surface area contributed by atoms with E-state index in [0.717, 1.165) is 12.0 Å². The molecule has 1 heterocycles. The Kier molecular flexibility index (Phi) is 5.55. The first-order chi connectivity index (χ1) is 10.5. The van der Waals surface area contributed by atoms with Crippen molar-refractivity contribution in [3.8, 4) is 0 Å². The van der Waals surface area contributed by atoms with Gasteiger partial charge in [0.1, 0.15) is 0 Å². The van der Waals surface area contributed by atoms with Gasteiger partial charge in [0, 0.05) is 18.7 Å². The second-order valence-electron chi connectivity index (χ2n) is 6.06. The van der Waals surface area contributed by atoms with Crippen molar-refractivity contribution in [3.63, 3.8) is 0 Å². The minimum atomic E-state index is -0.822. The van der Waals surface area contributed by atoms with E-state index in [1.54, 1.807) is 0 Å². The molecular formula is C17H23NO4. The van der Waals surface area contributed by atoms with Gasteiger partial charge in [-0.25, -0.2) is 0 Å². The molecule has 120 valence electrons. The molecule has 22 heavy (non-hydrogen) atoms. The van der Waals surface area contributed by atoms with E-state index in [2.05, 4.69) is 19.2 Å². The quantitative estimate of drug-likeness (QED) is 0.847. The van der Waals surface area contributed by atoms with Crippen molar-refractivity contribution >= 4 is 17.6 Å². The van der Waals surface area contributed by atoms with Crippen molar-refractivity contribution in [1.82, 2.24) is 0 Å². The van der Waals surface area contributed by atoms with Crippen LogP contribution in [0.5, 0.6) is 0 Å². The Morgan fingerprint density at radius 3 is 2.86 bits per heavy atom. The maximum absolute atomic E-state index is 12.4. The number of carboxylic acid groups (broad SMARTS) is 1. The standard InChI is InChI=1S/C17H23NO4/c1-11(2)16-14(8-9-22-16)17(21)18-13-5-3-4-12(10-13)6-7-15(19)20/h3-5,10-11,14,16H,6-9H2,1-2H3,(H,18,21)(H,19,20). The van der Waals surface area contributed by atoms with Gasteiger partial charge in [-0.15, -0.1) is 0 Å². The van der Waals surface area contributed by atoms with Crippen molar-refractivity contribution in [2.75, 3.05) is 11.9 Å². The van der Waals surface area contributed by atoms with E-state index < -0.39 is 5.97 Å². The minimum Gasteiger partial charge on any atom is -0.481 e. The fraction of sp³-hybridized carbons (Fsp3) is 0.529. The van der Waals surface area contributed by atoms with Crippen molar-refractivity contribution in [3.05, 3.63) is 29.8 Å². The SMILES string of the molecule is CC(C)C1OCCC1C(=O)Nc1cccc(CCC(=O)O)c1. The molecule has 5 nitrogen and oxygen atoms in total. The molecule has 2 rings (SSSR count). The zero-order valence-electron chi connectivity index (χ0n) is 13.0. The van der Waals surface area contributed by atoms with Gasteiger partial charge >= 0.3 is 5.97 Å². The summed E-state index contributed by atoms with van der Waals surface area (Å²) in [6.45, 7) is 4.74. The maximum atomic E-state index is 12.4. The summed E-state index contributed by atoms with van der Waals surface area (Å²) in [5, 5.41) is 11.7. The molecule has 1 saturated heterocycles. The smallest absolute Gasteiger partial charge is 0.303 e. The molecule has 2 N–H and O–H groups in total. The third kappa shape index (κ3) is 4.31. The highest BCUT2D eigenvalue weighted by Gasteiger charge is 2.35. The van der Waals surface area contributed by atoms with Crippen LogP contribution >= 0.6 is 0 Å². The average molecular weight is 305 g/mol. The molecule has 1 aliphatic heterocycles. The van der Waals surface area contributed by atoms with Gasteiger partial charge in [0.15, 0.2) is 0 Å². The first-order valence-corrected chi connectivity index (χ1v) is 7.70. The first kappa shape index (κ1) is 16.5. The van der Waals surface area contributed by atoms with E-state index in [9.17, 15) is 9.59 Å². The monoisotopic (exact) mass is 305 g/mol. The summed E-state index contributed by atoms with van der Waals surface area (Å²) in [6.07, 6.45) is 1.26. The van der Waals surface area contributed by atoms with Crippen LogP contribution in [-0.4, -0.2) is 29.7 Å². The third-order valence-corrected chi connectivity index (χ3v) is 3.95. The highest BCUT2D eigenvalue weighted by atomic mass is 16.5. The molecule has 1 aromatic carbocycles. The lowest BCUT2D eigenvalue weighted by molar-refractivity contribution is -0.137. The summed E-state index contributed by atoms with van der Waals surface area (Å²) < 4.78 is 5.65. The highest BCUT2D eigenvalue weighted by Crippen LogP contribution is 2.28. The van der Waals surface area contributed by atoms with Crippen LogP contribution in [0.25, 0.3) is 0 Å². The summed E-state index contributed by atoms with van der Waals surface area (Å²) in [5.74, 6) is -0.660. The Hall–Kier alpha value is -1.88. The molecule has 1 aliphatic rings. The molecule has 2 atom stereocenters. The number of aliphatic carboxylic acids is 1. The van der Waals surface area contributed by atoms with Gasteiger partial charge in [-0.2, -0.15) is 0 Å². The van der Waals surface area contributed by atoms with Crippen LogP contribution in [0.3, 0.4) is 0 Å². The Morgan fingerprint density at radius 1 is 1.41 bits per heavy atom. The van der Waals surface area contributed by atoms with E-state index >= 15 is 0 Å². The van der Waals surface area contributed by atoms with Crippen LogP contribution in [0, 0.1) is 11.8 Å². The van der Waals surface area contributed by atoms with Gasteiger partial charge in [-0.05, 0) is 36.5 Å². The largest absolute Gasteiger partial charge is 0.481 e. The Balaban J connectivity index is 1.99. The maximum Gasteiger partial charge on any atom is 0.303 e. The summed E-state index contributed by atoms with van der Waals surface area (Å²) in [5.41, 5.74) is 1.62. The zero-order chi connectivity index (χ0) is 16.1. The van der Waals surface area contributed by atoms with E-state index in [4.69, 9.17) is 9.84 Å². The number of anilines is 1. The molecule has 1 fully saturated rings. The van der Waals surface area contributed by atoms with Crippen molar-refractivity contribution in [2.24, 2.45) is 11.8 Å². The summed E-state index contributed by atoms with van der Waals surface area (Å²) in [6, 6.07) is 7.36. The predicted octanol–water partition coefficient (Wildman–Crippen LogP) is 2.70. The lowest BCUT2D eigenvalue weighted by atomic mass is 9.92. The fourth-order valence-electron chi connectivity index (χ4n) is 2.84. The number of hydrogen-bond donors (Lipinski definition) is 2. The molecular weight excluding hydrogens is 282 g/mol. The van der Waals surface area contributed by atoms with Crippen LogP contribution < -0.4 is 5.32 Å². The summed E-state index contributed by atoms with van der Waals surface area (Å²) >= 11 is 0. The molecule has 1 aromatic rings. The normalized spacial score (nSPS) is 21.0. The lowest BCUT2D eigenvalue weighted by Crippen LogP contribution is -2.32. The van der Waals surface area contributed by atoms with Gasteiger partial charge < -0.3 is 15.2 Å². The predicted molar refractivity (Wildman–Crippen MR) is 83.7 cm³/mol. The summed E-state index contributed by atoms with van der Waals surface area (Å²) in [7, 11) is 0. The zero-order valence-corrected chi connectivity index (χ0v) is 13.0. The molecule has 5 heteroatoms. The second-order valence-corrected chi connectivity index (χ2v) is 6.06. The number of carbonyl (C=O) groups is 2. The minimum absolute atomic E-state index is 0.0217. The number of nitrogens with one attached hydrogen (secondary N) is 1. The fourth-order valence-corrected chi connectivity index (χ4v) is 2.84. The van der Waals surface area contributed by atoms with E-state index in [1.807, 2.05) is 24.3 Å². The molecule has 0 radical (unpaired) electrons. The number of ether oxygens (including phenoxy) is 1. The second kappa shape index (κ2) is 7.40. The lowest BCUT2D eigenvalue weighted by Gasteiger charge is -2.21. The van der Waals surface area contributed by atoms with Crippen LogP contribution in [0.2, 0.25) is 0 Å². The van der Waals surface area contributed by atoms with Gasteiger partial charge in [0.05, 0.1) is 12.0 Å². The average Bonchev–Trinajstić information content (AvgIpc) is 2.95. The molecule has 0 saturated carbocycles. The number of rotatable bonds is 6. The van der Waals surface area contributed by atoms with E-state index in [1.165, 1.54) is 0 Å². The summed E-state index contributed by atoms with van der Waals surface area (Å²) in [4.78, 5) is 23.0. The first-order valence-electron chi connectivity index (χ1n) is 7.70. The van der Waals surface area contributed by atoms with Crippen LogP contribution in [0.1, 0.15) is 32.3 Å². The number of carbonyl (C=O) groups excluding carboxylic acids is 1. The number of amides is 1. The van der Waals surface area contributed by atoms with Gasteiger partial charge in [0.2, 0.25) is 5.91 Å². The topological polar surface area (TPSA) is 75.6 Å². The van der Waals surface area contributed by atoms with E-state index in [0.29, 0.717) is 24.6 Å². The molecule has 0 aliphatic carbocycles. The van der Waals surface area contributed by atoms with Crippen molar-refractivity contribution in [2.45, 2.75) is 39.2 Å². The van der Waals surface area contributed by atoms with Gasteiger partial charge in [-0.3, -0.25) is 9.59 Å². The van der Waals surface area contributed by atoms with Crippen LogP contribution in [-0.2, 0) is 20.7 Å². The number of hydrogen-bond acceptors (Lipinski definition) is 3. The highest BCUT2D eigenvalue weighted by molar-refractivity contribution is 5.93. The Labute approximate surface area is 130 Å². The molecule has 0 bridgehead atoms. The molecule has 2 unspecified atom stereocenters. The number of aryl methyl sites for hydroxylation is 1. The van der Waals surface area contributed by atoms with Crippen LogP contribution in [0.15, 0.2) is 24.3 Å². The molecule has 0 aromatic heterocycles. The van der Waals surface area contributed by atoms with Gasteiger partial charge in [-0.1, -0.05) is 26.0 Å². The van der Waals surface area contributed by atoms with Crippen molar-refractivity contribution in [1.29, 1.82) is 0 Å². The third-order valence-electron chi connectivity index (χ3n) is 3.95. The Morgan fingerprint density at radius 2 is 2.18 bits per heavy atom. The van der Waals surface area contributed by atoms with Gasteiger partial charge in [0.25, 0.3) is 0 Å².